The Bertz CT molecular complexity index is 1030. The number of aliphatic hydroxyl groups is 1. The van der Waals surface area contributed by atoms with E-state index >= 15 is 0 Å². The molecule has 0 aliphatic heterocycles. The number of anilines is 1. The van der Waals surface area contributed by atoms with Crippen LogP contribution in [-0.2, 0) is 9.05 Å². The van der Waals surface area contributed by atoms with Gasteiger partial charge in [-0.15, -0.1) is 5.26 Å². The molecule has 0 saturated carbocycles. The number of rotatable bonds is 6. The summed E-state index contributed by atoms with van der Waals surface area (Å²) in [5.74, 6) is 0.499. The molecule has 1 unspecified atom stereocenters. The summed E-state index contributed by atoms with van der Waals surface area (Å²) < 4.78 is 11.2. The molecule has 0 bridgehead atoms. The van der Waals surface area contributed by atoms with Crippen LogP contribution in [0.1, 0.15) is 6.92 Å². The van der Waals surface area contributed by atoms with Crippen molar-refractivity contribution in [3.8, 4) is 11.4 Å². The summed E-state index contributed by atoms with van der Waals surface area (Å²) in [5.41, 5.74) is 6.41. The lowest BCUT2D eigenvalue weighted by atomic mass is 10.2. The van der Waals surface area contributed by atoms with Crippen molar-refractivity contribution >= 4 is 54.7 Å². The number of nitrogen functional groups attached to an aromatic ring is 1. The van der Waals surface area contributed by atoms with Gasteiger partial charge in [-0.25, -0.2) is 4.98 Å². The zero-order chi connectivity index (χ0) is 23.4. The van der Waals surface area contributed by atoms with Gasteiger partial charge in [-0.2, -0.15) is 4.98 Å². The molecule has 2 aromatic heterocycles. The topological polar surface area (TPSA) is 171 Å². The molecule has 11 nitrogen and oxygen atoms in total. The molecule has 0 aliphatic rings. The van der Waals surface area contributed by atoms with Crippen molar-refractivity contribution in [2.75, 3.05) is 26.1 Å². The van der Waals surface area contributed by atoms with Crippen LogP contribution in [0.15, 0.2) is 35.1 Å². The molecule has 0 fully saturated rings. The van der Waals surface area contributed by atoms with Crippen LogP contribution in [0.4, 0.5) is 5.95 Å². The predicted molar refractivity (Wildman–Crippen MR) is 126 cm³/mol. The number of nitrogens with zero attached hydrogens (tertiary/aromatic N) is 3. The number of aliphatic hydroxyl groups excluding tert-OH is 1. The van der Waals surface area contributed by atoms with Gasteiger partial charge in [0, 0.05) is 23.9 Å². The zero-order valence-electron chi connectivity index (χ0n) is 16.7. The normalized spacial score (nSPS) is 11.6. The number of hydrogen-bond acceptors (Lipinski definition) is 9. The van der Waals surface area contributed by atoms with E-state index in [1.54, 1.807) is 42.1 Å². The maximum absolute atomic E-state index is 12.0. The first-order valence-electron chi connectivity index (χ1n) is 8.60. The average molecular weight is 493 g/mol. The highest BCUT2D eigenvalue weighted by molar-refractivity contribution is 8.41. The summed E-state index contributed by atoms with van der Waals surface area (Å²) in [7, 11) is 0.694. The van der Waals surface area contributed by atoms with Crippen LogP contribution in [0, 0.1) is 0 Å². The van der Waals surface area contributed by atoms with Gasteiger partial charge in [-0.05, 0) is 37.3 Å². The quantitative estimate of drug-likeness (QED) is 0.115. The molecule has 0 saturated heterocycles. The number of H-pyrrole nitrogens is 1. The number of thiol groups is 1. The molecule has 0 amide bonds. The zero-order valence-corrected chi connectivity index (χ0v) is 19.2. The number of nitrogens with one attached hydrogen (secondary N) is 1. The SMILES string of the molecule is CCOP(S)OC.Nc1nc2c(nc(-c3ccc(Cl)cc3)n2C=CCO)c(=O)[nH]1.O[OH2+]. The fourth-order valence-corrected chi connectivity index (χ4v) is 3.06. The second-order valence-corrected chi connectivity index (χ2v) is 7.86. The first-order valence-corrected chi connectivity index (χ1v) is 11.3. The average Bonchev–Trinajstić information content (AvgIpc) is 3.13. The lowest BCUT2D eigenvalue weighted by molar-refractivity contribution is -0.176. The van der Waals surface area contributed by atoms with Gasteiger partial charge in [0.25, 0.3) is 5.56 Å². The fourth-order valence-electron chi connectivity index (χ4n) is 2.26. The first kappa shape index (κ1) is 27.0. The summed E-state index contributed by atoms with van der Waals surface area (Å²) in [6, 6.07) is 7.01. The molecule has 31 heavy (non-hydrogen) atoms. The summed E-state index contributed by atoms with van der Waals surface area (Å²) >= 11 is 9.82. The Morgan fingerprint density at radius 1 is 1.35 bits per heavy atom. The highest BCUT2D eigenvalue weighted by Gasteiger charge is 2.15. The van der Waals surface area contributed by atoms with Crippen LogP contribution in [-0.4, -0.2) is 55.5 Å². The van der Waals surface area contributed by atoms with Crippen molar-refractivity contribution in [1.29, 1.82) is 0 Å². The largest absolute Gasteiger partial charge is 0.392 e. The van der Waals surface area contributed by atoms with E-state index in [1.165, 1.54) is 6.08 Å². The molecule has 1 aromatic carbocycles. The monoisotopic (exact) mass is 492 g/mol. The van der Waals surface area contributed by atoms with Gasteiger partial charge in [0.05, 0.1) is 13.2 Å². The van der Waals surface area contributed by atoms with Crippen LogP contribution in [0.3, 0.4) is 0 Å². The Kier molecular flexibility index (Phi) is 12.3. The van der Waals surface area contributed by atoms with E-state index in [9.17, 15) is 4.79 Å². The number of hydrogen-bond donors (Lipinski definition) is 5. The second-order valence-electron chi connectivity index (χ2n) is 5.34. The summed E-state index contributed by atoms with van der Waals surface area (Å²) in [5, 5.41) is 20.6. The van der Waals surface area contributed by atoms with Gasteiger partial charge in [-0.3, -0.25) is 19.6 Å². The Labute approximate surface area is 189 Å². The van der Waals surface area contributed by atoms with Crippen LogP contribution < -0.4 is 11.3 Å². The lowest BCUT2D eigenvalue weighted by Gasteiger charge is -2.03. The van der Waals surface area contributed by atoms with Gasteiger partial charge in [0.2, 0.25) is 13.5 Å². The molecule has 1 atom stereocenters. The number of imidazole rings is 1. The number of benzene rings is 1. The van der Waals surface area contributed by atoms with E-state index in [0.29, 0.717) is 23.1 Å². The Morgan fingerprint density at radius 3 is 2.52 bits per heavy atom. The number of aromatic nitrogens is 4. The minimum absolute atomic E-state index is 0.00120. The molecule has 2 heterocycles. The standard InChI is InChI=1S/C14H12ClN5O2.C3H9O2PS.H2O2/c15-9-4-2-8(3-5-9)11-17-10-12(20(11)6-1-7-21)18-14(16)19-13(10)22;1-3-5-6(7)4-2;1-2/h1-6,21H,7H2,(H3,16,18,19,22);7H,3H2,1-2H3;1-2H/p+1. The van der Waals surface area contributed by atoms with Crippen molar-refractivity contribution in [3.63, 3.8) is 0 Å². The molecule has 3 rings (SSSR count). The molecule has 3 aromatic rings. The lowest BCUT2D eigenvalue weighted by Crippen LogP contribution is -2.11. The summed E-state index contributed by atoms with van der Waals surface area (Å²) in [6.07, 6.45) is 3.10. The smallest absolute Gasteiger partial charge is 0.280 e. The van der Waals surface area contributed by atoms with Gasteiger partial charge < -0.3 is 19.9 Å². The minimum Gasteiger partial charge on any atom is -0.392 e. The second kappa shape index (κ2) is 14.1. The van der Waals surface area contributed by atoms with Crippen molar-refractivity contribution < 1.29 is 24.7 Å². The third kappa shape index (κ3) is 7.87. The molecule has 0 radical (unpaired) electrons. The number of fused-ring (bicyclic) bond motifs is 1. The number of nitrogens with two attached hydrogens (primary N) is 1. The summed E-state index contributed by atoms with van der Waals surface area (Å²) in [4.78, 5) is 22.8. The van der Waals surface area contributed by atoms with Crippen molar-refractivity contribution in [2.45, 2.75) is 6.92 Å². The maximum Gasteiger partial charge on any atom is 0.280 e. The van der Waals surface area contributed by atoms with Crippen molar-refractivity contribution in [1.82, 2.24) is 19.5 Å². The van der Waals surface area contributed by atoms with Crippen LogP contribution in [0.25, 0.3) is 28.8 Å². The molecule has 0 spiro atoms. The molecular formula is C17H24ClN5O6PS+. The molecule has 14 heteroatoms. The molecule has 7 N–H and O–H groups in total. The molecule has 170 valence electrons. The van der Waals surface area contributed by atoms with Crippen LogP contribution in [0.2, 0.25) is 5.02 Å². The van der Waals surface area contributed by atoms with Crippen LogP contribution >= 0.6 is 31.4 Å². The third-order valence-electron chi connectivity index (χ3n) is 3.43. The van der Waals surface area contributed by atoms with Gasteiger partial charge in [0.1, 0.15) is 5.82 Å². The third-order valence-corrected chi connectivity index (χ3v) is 5.31. The van der Waals surface area contributed by atoms with E-state index in [1.807, 2.05) is 6.92 Å². The van der Waals surface area contributed by atoms with Gasteiger partial charge >= 0.3 is 0 Å². The Hall–Kier alpha value is -2.02. The summed E-state index contributed by atoms with van der Waals surface area (Å²) in [6.45, 7) is 2.42. The Morgan fingerprint density at radius 2 is 2.00 bits per heavy atom. The molecular weight excluding hydrogens is 469 g/mol. The fraction of sp³-hybridized carbons (Fsp3) is 0.235. The highest BCUT2D eigenvalue weighted by Crippen LogP contribution is 2.41. The van der Waals surface area contributed by atoms with E-state index < -0.39 is 13.1 Å². The number of aromatic amines is 1. The van der Waals surface area contributed by atoms with E-state index in [2.05, 4.69) is 27.2 Å². The van der Waals surface area contributed by atoms with Crippen LogP contribution in [0.5, 0.6) is 0 Å². The highest BCUT2D eigenvalue weighted by atomic mass is 35.5. The van der Waals surface area contributed by atoms with E-state index in [-0.39, 0.29) is 18.1 Å². The Balaban J connectivity index is 0.000000457. The van der Waals surface area contributed by atoms with E-state index in [4.69, 9.17) is 42.0 Å². The first-order chi connectivity index (χ1) is 14.9. The maximum atomic E-state index is 12.0. The van der Waals surface area contributed by atoms with E-state index in [0.717, 1.165) is 5.56 Å². The number of halogens is 1. The predicted octanol–water partition coefficient (Wildman–Crippen LogP) is 2.50. The van der Waals surface area contributed by atoms with Crippen molar-refractivity contribution in [3.05, 3.63) is 45.7 Å². The minimum atomic E-state index is -0.884. The molecule has 0 aliphatic carbocycles. The van der Waals surface area contributed by atoms with Gasteiger partial charge in [0.15, 0.2) is 11.2 Å². The van der Waals surface area contributed by atoms with Crippen molar-refractivity contribution in [2.24, 2.45) is 0 Å². The van der Waals surface area contributed by atoms with Gasteiger partial charge in [-0.1, -0.05) is 23.8 Å².